The quantitative estimate of drug-likeness (QED) is 0.684. The van der Waals surface area contributed by atoms with Gasteiger partial charge in [0.25, 0.3) is 0 Å². The van der Waals surface area contributed by atoms with Gasteiger partial charge in [-0.2, -0.15) is 0 Å². The van der Waals surface area contributed by atoms with Gasteiger partial charge in [0.2, 0.25) is 5.91 Å². The molecule has 1 saturated heterocycles. The lowest BCUT2D eigenvalue weighted by Crippen LogP contribution is -2.43. The molecule has 0 spiro atoms. The van der Waals surface area contributed by atoms with E-state index in [1.807, 2.05) is 54.6 Å². The minimum Gasteiger partial charge on any atom is -0.376 e. The number of allylic oxidation sites excluding steroid dienone is 1. The molecule has 1 fully saturated rings. The van der Waals surface area contributed by atoms with E-state index in [9.17, 15) is 9.59 Å². The summed E-state index contributed by atoms with van der Waals surface area (Å²) in [6.07, 6.45) is 3.38. The standard InChI is InChI=1S/C28H33N3O3/c1-28(2)15-22-26(24(32)16-28)27(19-9-4-3-5-10-19)31(23-13-7-6-12-21(23)30-22)18-25(33)29-17-20-11-8-14-34-20/h3-7,9-10,12-13,20,27,30H,8,11,14-18H2,1-2H3,(H,29,33)/t20-,27-/m1/s1. The van der Waals surface area contributed by atoms with Crippen LogP contribution in [0.15, 0.2) is 65.9 Å². The molecule has 2 atom stereocenters. The smallest absolute Gasteiger partial charge is 0.239 e. The molecule has 178 valence electrons. The molecule has 2 N–H and O–H groups in total. The Bertz CT molecular complexity index is 1100. The van der Waals surface area contributed by atoms with Crippen LogP contribution in [0.4, 0.5) is 11.4 Å². The van der Waals surface area contributed by atoms with Crippen molar-refractivity contribution in [3.63, 3.8) is 0 Å². The first-order valence-electron chi connectivity index (χ1n) is 12.2. The Balaban J connectivity index is 1.56. The largest absolute Gasteiger partial charge is 0.376 e. The van der Waals surface area contributed by atoms with Crippen molar-refractivity contribution >= 4 is 23.1 Å². The summed E-state index contributed by atoms with van der Waals surface area (Å²) in [5.41, 5.74) is 4.47. The number of para-hydroxylation sites is 2. The fourth-order valence-electron chi connectivity index (χ4n) is 5.45. The molecular formula is C28H33N3O3. The second-order valence-electron chi connectivity index (χ2n) is 10.4. The predicted molar refractivity (Wildman–Crippen MR) is 134 cm³/mol. The first-order chi connectivity index (χ1) is 16.4. The van der Waals surface area contributed by atoms with Gasteiger partial charge < -0.3 is 20.3 Å². The van der Waals surface area contributed by atoms with Crippen LogP contribution in [0.2, 0.25) is 0 Å². The highest BCUT2D eigenvalue weighted by atomic mass is 16.5. The Morgan fingerprint density at radius 2 is 1.88 bits per heavy atom. The highest BCUT2D eigenvalue weighted by Gasteiger charge is 2.41. The number of carbonyl (C=O) groups is 2. The summed E-state index contributed by atoms with van der Waals surface area (Å²) in [7, 11) is 0. The van der Waals surface area contributed by atoms with Crippen LogP contribution < -0.4 is 15.5 Å². The Kier molecular flexibility index (Phi) is 6.17. The van der Waals surface area contributed by atoms with Crippen molar-refractivity contribution in [2.75, 3.05) is 29.9 Å². The van der Waals surface area contributed by atoms with Crippen molar-refractivity contribution < 1.29 is 14.3 Å². The second kappa shape index (κ2) is 9.26. The first kappa shape index (κ1) is 22.7. The van der Waals surface area contributed by atoms with Crippen LogP contribution in [0.1, 0.15) is 51.1 Å². The number of carbonyl (C=O) groups excluding carboxylic acids is 2. The number of nitrogens with one attached hydrogen (secondary N) is 2. The summed E-state index contributed by atoms with van der Waals surface area (Å²) in [6.45, 7) is 5.71. The molecule has 2 aliphatic heterocycles. The minimum atomic E-state index is -0.343. The lowest BCUT2D eigenvalue weighted by molar-refractivity contribution is -0.121. The topological polar surface area (TPSA) is 70.7 Å². The van der Waals surface area contributed by atoms with E-state index in [1.54, 1.807) is 0 Å². The number of ether oxygens (including phenoxy) is 1. The number of amides is 1. The molecule has 0 aromatic heterocycles. The summed E-state index contributed by atoms with van der Waals surface area (Å²) in [5, 5.41) is 6.66. The fraction of sp³-hybridized carbons (Fsp3) is 0.429. The van der Waals surface area contributed by atoms with Crippen LogP contribution in [0, 0.1) is 5.41 Å². The maximum atomic E-state index is 13.6. The third-order valence-electron chi connectivity index (χ3n) is 6.98. The van der Waals surface area contributed by atoms with Crippen molar-refractivity contribution in [1.82, 2.24) is 5.32 Å². The van der Waals surface area contributed by atoms with Gasteiger partial charge in [0.05, 0.1) is 30.1 Å². The lowest BCUT2D eigenvalue weighted by Gasteiger charge is -2.37. The van der Waals surface area contributed by atoms with Gasteiger partial charge in [-0.15, -0.1) is 0 Å². The third-order valence-corrected chi connectivity index (χ3v) is 6.98. The van der Waals surface area contributed by atoms with Crippen molar-refractivity contribution in [2.45, 2.75) is 51.7 Å². The van der Waals surface area contributed by atoms with E-state index >= 15 is 0 Å². The van der Waals surface area contributed by atoms with Crippen LogP contribution in [-0.4, -0.2) is 37.5 Å². The number of nitrogens with zero attached hydrogens (tertiary/aromatic N) is 1. The molecule has 0 saturated carbocycles. The molecule has 1 amide bonds. The van der Waals surface area contributed by atoms with Crippen LogP contribution in [0.3, 0.4) is 0 Å². The first-order valence-corrected chi connectivity index (χ1v) is 12.2. The number of benzene rings is 2. The second-order valence-corrected chi connectivity index (χ2v) is 10.4. The maximum Gasteiger partial charge on any atom is 0.239 e. The SMILES string of the molecule is CC1(C)CC(=O)C2=C(C1)Nc1ccccc1N(CC(=O)NC[C@H]1CCCO1)[C@@H]2c1ccccc1. The Hall–Kier alpha value is -3.12. The lowest BCUT2D eigenvalue weighted by atomic mass is 9.73. The Morgan fingerprint density at radius 1 is 1.12 bits per heavy atom. The molecule has 6 heteroatoms. The zero-order valence-corrected chi connectivity index (χ0v) is 20.0. The number of hydrogen-bond acceptors (Lipinski definition) is 5. The van der Waals surface area contributed by atoms with Gasteiger partial charge in [-0.25, -0.2) is 0 Å². The molecule has 6 nitrogen and oxygen atoms in total. The number of ketones is 1. The van der Waals surface area contributed by atoms with Gasteiger partial charge in [-0.05, 0) is 42.4 Å². The summed E-state index contributed by atoms with van der Waals surface area (Å²) in [4.78, 5) is 28.9. The van der Waals surface area contributed by atoms with E-state index in [0.717, 1.165) is 54.1 Å². The van der Waals surface area contributed by atoms with Crippen LogP contribution in [0.25, 0.3) is 0 Å². The average molecular weight is 460 g/mol. The summed E-state index contributed by atoms with van der Waals surface area (Å²) >= 11 is 0. The van der Waals surface area contributed by atoms with Crippen LogP contribution in [-0.2, 0) is 14.3 Å². The van der Waals surface area contributed by atoms with E-state index in [-0.39, 0.29) is 35.8 Å². The molecule has 3 aliphatic rings. The van der Waals surface area contributed by atoms with E-state index in [1.165, 1.54) is 0 Å². The molecular weight excluding hydrogens is 426 g/mol. The normalized spacial score (nSPS) is 23.6. The van der Waals surface area contributed by atoms with Gasteiger partial charge in [0.1, 0.15) is 0 Å². The molecule has 2 aromatic carbocycles. The highest BCUT2D eigenvalue weighted by Crippen LogP contribution is 2.48. The predicted octanol–water partition coefficient (Wildman–Crippen LogP) is 4.60. The van der Waals surface area contributed by atoms with E-state index < -0.39 is 0 Å². The van der Waals surface area contributed by atoms with Crippen LogP contribution in [0.5, 0.6) is 0 Å². The number of hydrogen-bond donors (Lipinski definition) is 2. The summed E-state index contributed by atoms with van der Waals surface area (Å²) in [6, 6.07) is 17.7. The van der Waals surface area contributed by atoms with Gasteiger partial charge in [-0.3, -0.25) is 9.59 Å². The van der Waals surface area contributed by atoms with Crippen molar-refractivity contribution in [3.05, 3.63) is 71.4 Å². The highest BCUT2D eigenvalue weighted by molar-refractivity contribution is 6.01. The van der Waals surface area contributed by atoms with Gasteiger partial charge >= 0.3 is 0 Å². The molecule has 1 aliphatic carbocycles. The molecule has 34 heavy (non-hydrogen) atoms. The Morgan fingerprint density at radius 3 is 2.65 bits per heavy atom. The van der Waals surface area contributed by atoms with Crippen molar-refractivity contribution in [1.29, 1.82) is 0 Å². The molecule has 0 unspecified atom stereocenters. The fourth-order valence-corrected chi connectivity index (χ4v) is 5.45. The van der Waals surface area contributed by atoms with E-state index in [2.05, 4.69) is 29.4 Å². The molecule has 0 radical (unpaired) electrons. The number of fused-ring (bicyclic) bond motifs is 1. The maximum absolute atomic E-state index is 13.6. The van der Waals surface area contributed by atoms with E-state index in [4.69, 9.17) is 4.74 Å². The summed E-state index contributed by atoms with van der Waals surface area (Å²) < 4.78 is 5.67. The minimum absolute atomic E-state index is 0.0705. The number of Topliss-reactive ketones (excluding diaryl/α,β-unsaturated/α-hetero) is 1. The third kappa shape index (κ3) is 4.60. The summed E-state index contributed by atoms with van der Waals surface area (Å²) in [5.74, 6) is 0.0732. The molecule has 0 bridgehead atoms. The monoisotopic (exact) mass is 459 g/mol. The molecule has 2 heterocycles. The zero-order chi connectivity index (χ0) is 23.7. The van der Waals surface area contributed by atoms with Crippen molar-refractivity contribution in [3.8, 4) is 0 Å². The molecule has 2 aromatic rings. The average Bonchev–Trinajstić information content (AvgIpc) is 3.29. The van der Waals surface area contributed by atoms with E-state index in [0.29, 0.717) is 13.0 Å². The van der Waals surface area contributed by atoms with Gasteiger partial charge in [0.15, 0.2) is 5.78 Å². The van der Waals surface area contributed by atoms with Gasteiger partial charge in [0, 0.05) is 30.8 Å². The Labute approximate surface area is 201 Å². The molecule has 5 rings (SSSR count). The zero-order valence-electron chi connectivity index (χ0n) is 20.0. The number of anilines is 2. The van der Waals surface area contributed by atoms with Crippen LogP contribution >= 0.6 is 0 Å². The number of rotatable bonds is 5. The van der Waals surface area contributed by atoms with Crippen molar-refractivity contribution in [2.24, 2.45) is 5.41 Å². The van der Waals surface area contributed by atoms with Gasteiger partial charge in [-0.1, -0.05) is 56.3 Å².